The summed E-state index contributed by atoms with van der Waals surface area (Å²) in [6.07, 6.45) is -0.310. The van der Waals surface area contributed by atoms with Crippen molar-refractivity contribution in [3.8, 4) is 0 Å². The largest absolute Gasteiger partial charge is 0.467 e. The molecule has 1 heterocycles. The molecule has 0 radical (unpaired) electrons. The summed E-state index contributed by atoms with van der Waals surface area (Å²) in [4.78, 5) is 40.0. The number of piperazine rings is 1. The van der Waals surface area contributed by atoms with Crippen molar-refractivity contribution in [2.75, 3.05) is 33.3 Å². The minimum atomic E-state index is -1.61. The zero-order chi connectivity index (χ0) is 19.4. The van der Waals surface area contributed by atoms with Crippen molar-refractivity contribution in [1.82, 2.24) is 9.80 Å². The fraction of sp³-hybridized carbons (Fsp3) is 0.824. The Hall–Kier alpha value is -1.67. The topological polar surface area (TPSA) is 102 Å². The highest BCUT2D eigenvalue weighted by atomic mass is 16.6. The van der Waals surface area contributed by atoms with E-state index in [2.05, 4.69) is 0 Å². The van der Waals surface area contributed by atoms with Crippen LogP contribution < -0.4 is 5.73 Å². The Bertz CT molecular complexity index is 507. The maximum absolute atomic E-state index is 12.3. The van der Waals surface area contributed by atoms with Crippen molar-refractivity contribution in [1.29, 1.82) is 0 Å². The number of hydrogen-bond acceptors (Lipinski definition) is 7. The van der Waals surface area contributed by atoms with Crippen molar-refractivity contribution in [2.45, 2.75) is 52.3 Å². The van der Waals surface area contributed by atoms with Gasteiger partial charge in [-0.1, -0.05) is 13.8 Å². The Labute approximate surface area is 149 Å². The van der Waals surface area contributed by atoms with Crippen molar-refractivity contribution >= 4 is 17.8 Å². The second-order valence-electron chi connectivity index (χ2n) is 7.65. The summed E-state index contributed by atoms with van der Waals surface area (Å²) in [5, 5.41) is 0. The van der Waals surface area contributed by atoms with Crippen molar-refractivity contribution in [2.24, 2.45) is 11.7 Å². The van der Waals surface area contributed by atoms with Gasteiger partial charge in [0.15, 0.2) is 5.66 Å². The number of carbonyl (C=O) groups excluding carboxylic acids is 3. The summed E-state index contributed by atoms with van der Waals surface area (Å²) in [5.74, 6) is -1.29. The van der Waals surface area contributed by atoms with Gasteiger partial charge in [0.25, 0.3) is 0 Å². The van der Waals surface area contributed by atoms with Crippen LogP contribution in [0.3, 0.4) is 0 Å². The van der Waals surface area contributed by atoms with E-state index in [0.717, 1.165) is 0 Å². The van der Waals surface area contributed by atoms with Gasteiger partial charge in [-0.3, -0.25) is 14.5 Å². The molecule has 0 saturated carbocycles. The average Bonchev–Trinajstić information content (AvgIpc) is 2.51. The number of carbonyl (C=O) groups is 3. The predicted molar refractivity (Wildman–Crippen MR) is 92.4 cm³/mol. The SMILES string of the molecule is COC(=O)[C@](N)(CC(=O)OC(C)(C)C)N1CCN(C(=O)C(C)C)CC1. The van der Waals surface area contributed by atoms with Gasteiger partial charge in [0.1, 0.15) is 5.60 Å². The Balaban J connectivity index is 2.85. The number of amides is 1. The van der Waals surface area contributed by atoms with E-state index in [1.165, 1.54) is 7.11 Å². The van der Waals surface area contributed by atoms with Crippen LogP contribution >= 0.6 is 0 Å². The van der Waals surface area contributed by atoms with Crippen LogP contribution in [-0.4, -0.2) is 72.2 Å². The Morgan fingerprint density at radius 1 is 1.08 bits per heavy atom. The summed E-state index contributed by atoms with van der Waals surface area (Å²) in [6, 6.07) is 0. The lowest BCUT2D eigenvalue weighted by Crippen LogP contribution is -2.67. The minimum absolute atomic E-state index is 0.0625. The summed E-state index contributed by atoms with van der Waals surface area (Å²) in [5.41, 5.74) is 4.00. The van der Waals surface area contributed by atoms with Crippen LogP contribution in [-0.2, 0) is 23.9 Å². The Kier molecular flexibility index (Phi) is 6.96. The molecule has 0 aliphatic carbocycles. The third-order valence-corrected chi connectivity index (χ3v) is 4.02. The lowest BCUT2D eigenvalue weighted by atomic mass is 10.0. The zero-order valence-electron chi connectivity index (χ0n) is 16.1. The molecule has 1 rings (SSSR count). The number of esters is 2. The molecular weight excluding hydrogens is 326 g/mol. The highest BCUT2D eigenvalue weighted by molar-refractivity contribution is 5.86. The molecular formula is C17H31N3O5. The molecule has 1 atom stereocenters. The average molecular weight is 357 g/mol. The molecule has 144 valence electrons. The molecule has 1 amide bonds. The fourth-order valence-corrected chi connectivity index (χ4v) is 2.78. The van der Waals surface area contributed by atoms with E-state index in [4.69, 9.17) is 15.2 Å². The fourth-order valence-electron chi connectivity index (χ4n) is 2.78. The van der Waals surface area contributed by atoms with Crippen LogP contribution in [0.25, 0.3) is 0 Å². The standard InChI is InChI=1S/C17H31N3O5/c1-12(2)14(22)19-7-9-20(10-8-19)17(18,15(23)24-6)11-13(21)25-16(3,4)5/h12H,7-11,18H2,1-6H3/t17-/m0/s1. The van der Waals surface area contributed by atoms with Crippen molar-refractivity contribution < 1.29 is 23.9 Å². The minimum Gasteiger partial charge on any atom is -0.467 e. The first kappa shape index (κ1) is 21.4. The van der Waals surface area contributed by atoms with Gasteiger partial charge in [0.05, 0.1) is 13.5 Å². The number of ether oxygens (including phenoxy) is 2. The van der Waals surface area contributed by atoms with Crippen LogP contribution in [0.4, 0.5) is 0 Å². The normalized spacial score (nSPS) is 18.6. The van der Waals surface area contributed by atoms with E-state index < -0.39 is 23.2 Å². The molecule has 1 saturated heterocycles. The maximum Gasteiger partial charge on any atom is 0.341 e. The quantitative estimate of drug-likeness (QED) is 0.708. The van der Waals surface area contributed by atoms with Gasteiger partial charge < -0.3 is 20.1 Å². The second kappa shape index (κ2) is 8.14. The van der Waals surface area contributed by atoms with E-state index in [0.29, 0.717) is 26.2 Å². The number of hydrogen-bond donors (Lipinski definition) is 1. The van der Waals surface area contributed by atoms with Gasteiger partial charge in [-0.15, -0.1) is 0 Å². The molecule has 1 aliphatic heterocycles. The van der Waals surface area contributed by atoms with Crippen LogP contribution in [0, 0.1) is 5.92 Å². The summed E-state index contributed by atoms with van der Waals surface area (Å²) in [7, 11) is 1.23. The molecule has 0 aromatic rings. The lowest BCUT2D eigenvalue weighted by molar-refractivity contribution is -0.170. The number of methoxy groups -OCH3 is 1. The van der Waals surface area contributed by atoms with E-state index >= 15 is 0 Å². The van der Waals surface area contributed by atoms with Crippen LogP contribution in [0.2, 0.25) is 0 Å². The molecule has 1 fully saturated rings. The molecule has 0 spiro atoms. The third kappa shape index (κ3) is 5.67. The monoisotopic (exact) mass is 357 g/mol. The van der Waals surface area contributed by atoms with Gasteiger partial charge in [-0.05, 0) is 20.8 Å². The highest BCUT2D eigenvalue weighted by Crippen LogP contribution is 2.21. The molecule has 25 heavy (non-hydrogen) atoms. The van der Waals surface area contributed by atoms with Gasteiger partial charge in [-0.2, -0.15) is 0 Å². The first-order valence-corrected chi connectivity index (χ1v) is 8.53. The summed E-state index contributed by atoms with van der Waals surface area (Å²) >= 11 is 0. The number of nitrogens with zero attached hydrogens (tertiary/aromatic N) is 2. The molecule has 8 heteroatoms. The molecule has 0 unspecified atom stereocenters. The lowest BCUT2D eigenvalue weighted by Gasteiger charge is -2.43. The zero-order valence-corrected chi connectivity index (χ0v) is 16.1. The van der Waals surface area contributed by atoms with Gasteiger partial charge in [0.2, 0.25) is 5.91 Å². The van der Waals surface area contributed by atoms with Gasteiger partial charge in [0, 0.05) is 32.1 Å². The highest BCUT2D eigenvalue weighted by Gasteiger charge is 2.46. The van der Waals surface area contributed by atoms with E-state index in [9.17, 15) is 14.4 Å². The summed E-state index contributed by atoms with van der Waals surface area (Å²) in [6.45, 7) is 10.6. The third-order valence-electron chi connectivity index (χ3n) is 4.02. The molecule has 8 nitrogen and oxygen atoms in total. The van der Waals surface area contributed by atoms with Gasteiger partial charge in [-0.25, -0.2) is 4.79 Å². The van der Waals surface area contributed by atoms with Gasteiger partial charge >= 0.3 is 11.9 Å². The first-order chi connectivity index (χ1) is 11.4. The van der Waals surface area contributed by atoms with E-state index in [1.54, 1.807) is 30.6 Å². The van der Waals surface area contributed by atoms with Crippen molar-refractivity contribution in [3.63, 3.8) is 0 Å². The maximum atomic E-state index is 12.3. The molecule has 1 aliphatic rings. The smallest absolute Gasteiger partial charge is 0.341 e. The molecule has 2 N–H and O–H groups in total. The number of rotatable bonds is 5. The van der Waals surface area contributed by atoms with Crippen molar-refractivity contribution in [3.05, 3.63) is 0 Å². The second-order valence-corrected chi connectivity index (χ2v) is 7.65. The van der Waals surface area contributed by atoms with Crippen LogP contribution in [0.15, 0.2) is 0 Å². The summed E-state index contributed by atoms with van der Waals surface area (Å²) < 4.78 is 10.1. The Morgan fingerprint density at radius 3 is 2.00 bits per heavy atom. The molecule has 0 aromatic carbocycles. The molecule has 0 aromatic heterocycles. The first-order valence-electron chi connectivity index (χ1n) is 8.53. The molecule has 0 bridgehead atoms. The predicted octanol–water partition coefficient (Wildman–Crippen LogP) is 0.346. The van der Waals surface area contributed by atoms with E-state index in [-0.39, 0.29) is 18.2 Å². The number of nitrogens with two attached hydrogens (primary N) is 1. The van der Waals surface area contributed by atoms with Crippen LogP contribution in [0.5, 0.6) is 0 Å². The Morgan fingerprint density at radius 2 is 1.60 bits per heavy atom. The van der Waals surface area contributed by atoms with E-state index in [1.807, 2.05) is 13.8 Å². The van der Waals surface area contributed by atoms with Crippen LogP contribution in [0.1, 0.15) is 41.0 Å².